The maximum atomic E-state index is 12.7. The molecule has 13 heavy (non-hydrogen) atoms. The molecule has 0 spiro atoms. The Morgan fingerprint density at radius 1 is 1.31 bits per heavy atom. The fourth-order valence-corrected chi connectivity index (χ4v) is 0.972. The summed E-state index contributed by atoms with van der Waals surface area (Å²) in [4.78, 5) is 3.67. The minimum atomic E-state index is -0.424. The lowest BCUT2D eigenvalue weighted by Crippen LogP contribution is -1.81. The molecule has 5 heteroatoms. The van der Waals surface area contributed by atoms with Crippen molar-refractivity contribution in [2.45, 2.75) is 0 Å². The molecule has 0 radical (unpaired) electrons. The van der Waals surface area contributed by atoms with Gasteiger partial charge in [0.2, 0.25) is 0 Å². The van der Waals surface area contributed by atoms with Crippen molar-refractivity contribution in [3.8, 4) is 11.3 Å². The van der Waals surface area contributed by atoms with Crippen molar-refractivity contribution < 1.29 is 8.91 Å². The fourth-order valence-electron chi connectivity index (χ4n) is 0.972. The van der Waals surface area contributed by atoms with Crippen LogP contribution >= 0.6 is 0 Å². The van der Waals surface area contributed by atoms with E-state index in [0.717, 1.165) is 6.20 Å². The molecule has 0 amide bonds. The first kappa shape index (κ1) is 7.72. The Hall–Kier alpha value is -1.91. The first-order valence-corrected chi connectivity index (χ1v) is 3.59. The van der Waals surface area contributed by atoms with Crippen LogP contribution in [0.1, 0.15) is 0 Å². The number of anilines is 1. The number of pyridine rings is 1. The lowest BCUT2D eigenvalue weighted by Gasteiger charge is -1.92. The van der Waals surface area contributed by atoms with Gasteiger partial charge in [-0.05, 0) is 6.07 Å². The highest BCUT2D eigenvalue weighted by Gasteiger charge is 2.05. The standard InChI is InChI=1S/C8H6FN3O/c9-6-1-5(3-11-4-6)7-2-8(10)12-13-7/h1-4H,(H2,10,12). The van der Waals surface area contributed by atoms with Crippen LogP contribution in [0.15, 0.2) is 29.0 Å². The topological polar surface area (TPSA) is 64.9 Å². The zero-order valence-electron chi connectivity index (χ0n) is 6.57. The lowest BCUT2D eigenvalue weighted by molar-refractivity contribution is 0.435. The highest BCUT2D eigenvalue weighted by atomic mass is 19.1. The van der Waals surface area contributed by atoms with Gasteiger partial charge in [-0.2, -0.15) is 0 Å². The Balaban J connectivity index is 2.46. The second-order valence-electron chi connectivity index (χ2n) is 2.51. The second-order valence-corrected chi connectivity index (χ2v) is 2.51. The number of nitrogens with two attached hydrogens (primary N) is 1. The minimum Gasteiger partial charge on any atom is -0.381 e. The number of hydrogen-bond acceptors (Lipinski definition) is 4. The van der Waals surface area contributed by atoms with Gasteiger partial charge >= 0.3 is 0 Å². The third-order valence-corrected chi connectivity index (χ3v) is 1.52. The van der Waals surface area contributed by atoms with Crippen molar-refractivity contribution in [2.75, 3.05) is 5.73 Å². The summed E-state index contributed by atoms with van der Waals surface area (Å²) in [7, 11) is 0. The lowest BCUT2D eigenvalue weighted by atomic mass is 10.2. The molecule has 2 aromatic heterocycles. The maximum absolute atomic E-state index is 12.7. The quantitative estimate of drug-likeness (QED) is 0.719. The summed E-state index contributed by atoms with van der Waals surface area (Å²) in [6.07, 6.45) is 2.59. The van der Waals surface area contributed by atoms with Gasteiger partial charge in [-0.1, -0.05) is 5.16 Å². The van der Waals surface area contributed by atoms with Crippen LogP contribution in [0, 0.1) is 5.82 Å². The molecule has 0 aliphatic rings. The zero-order chi connectivity index (χ0) is 9.26. The van der Waals surface area contributed by atoms with E-state index in [4.69, 9.17) is 10.3 Å². The first-order valence-electron chi connectivity index (χ1n) is 3.59. The number of hydrogen-bond donors (Lipinski definition) is 1. The van der Waals surface area contributed by atoms with Crippen molar-refractivity contribution in [2.24, 2.45) is 0 Å². The summed E-state index contributed by atoms with van der Waals surface area (Å²) in [5.41, 5.74) is 5.85. The zero-order valence-corrected chi connectivity index (χ0v) is 6.57. The third kappa shape index (κ3) is 1.48. The van der Waals surface area contributed by atoms with E-state index >= 15 is 0 Å². The van der Waals surface area contributed by atoms with E-state index in [-0.39, 0.29) is 5.82 Å². The predicted octanol–water partition coefficient (Wildman–Crippen LogP) is 1.46. The van der Waals surface area contributed by atoms with Crippen LogP contribution in [0.2, 0.25) is 0 Å². The molecule has 2 N–H and O–H groups in total. The molecule has 0 aliphatic carbocycles. The highest BCUT2D eigenvalue weighted by Crippen LogP contribution is 2.20. The summed E-state index contributed by atoms with van der Waals surface area (Å²) in [5.74, 6) is 0.247. The summed E-state index contributed by atoms with van der Waals surface area (Å²) in [6, 6.07) is 2.81. The Kier molecular flexibility index (Phi) is 1.70. The largest absolute Gasteiger partial charge is 0.381 e. The van der Waals surface area contributed by atoms with E-state index in [1.807, 2.05) is 0 Å². The van der Waals surface area contributed by atoms with Crippen LogP contribution in [0.5, 0.6) is 0 Å². The Labute approximate surface area is 73.2 Å². The minimum absolute atomic E-state index is 0.263. The average Bonchev–Trinajstić information content (AvgIpc) is 2.52. The van der Waals surface area contributed by atoms with E-state index in [0.29, 0.717) is 11.3 Å². The van der Waals surface area contributed by atoms with Gasteiger partial charge < -0.3 is 10.3 Å². The van der Waals surface area contributed by atoms with Gasteiger partial charge in [-0.15, -0.1) is 0 Å². The van der Waals surface area contributed by atoms with Crippen LogP contribution in [0.4, 0.5) is 10.2 Å². The number of nitrogen functional groups attached to an aromatic ring is 1. The molecule has 0 saturated heterocycles. The summed E-state index contributed by atoms with van der Waals surface area (Å²) in [5, 5.41) is 3.48. The smallest absolute Gasteiger partial charge is 0.170 e. The van der Waals surface area contributed by atoms with E-state index < -0.39 is 5.82 Å². The second kappa shape index (κ2) is 2.85. The Morgan fingerprint density at radius 2 is 2.15 bits per heavy atom. The Bertz CT molecular complexity index is 427. The normalized spacial score (nSPS) is 10.2. The molecule has 2 heterocycles. The van der Waals surface area contributed by atoms with Crippen LogP contribution in [0.3, 0.4) is 0 Å². The van der Waals surface area contributed by atoms with E-state index in [9.17, 15) is 4.39 Å². The van der Waals surface area contributed by atoms with Crippen molar-refractivity contribution in [1.82, 2.24) is 10.1 Å². The van der Waals surface area contributed by atoms with Gasteiger partial charge in [0.05, 0.1) is 6.20 Å². The molecule has 66 valence electrons. The molecule has 0 aromatic carbocycles. The van der Waals surface area contributed by atoms with Crippen molar-refractivity contribution in [3.63, 3.8) is 0 Å². The highest BCUT2D eigenvalue weighted by molar-refractivity contribution is 5.58. The molecular weight excluding hydrogens is 173 g/mol. The van der Waals surface area contributed by atoms with Gasteiger partial charge in [-0.25, -0.2) is 4.39 Å². The molecule has 2 aromatic rings. The van der Waals surface area contributed by atoms with Crippen molar-refractivity contribution in [3.05, 3.63) is 30.3 Å². The molecule has 0 fully saturated rings. The van der Waals surface area contributed by atoms with Crippen LogP contribution in [0.25, 0.3) is 11.3 Å². The van der Waals surface area contributed by atoms with Gasteiger partial charge in [0.1, 0.15) is 5.82 Å². The maximum Gasteiger partial charge on any atom is 0.170 e. The average molecular weight is 179 g/mol. The molecule has 4 nitrogen and oxygen atoms in total. The van der Waals surface area contributed by atoms with Crippen molar-refractivity contribution in [1.29, 1.82) is 0 Å². The summed E-state index contributed by atoms with van der Waals surface area (Å²) >= 11 is 0. The third-order valence-electron chi connectivity index (χ3n) is 1.52. The molecule has 0 bridgehead atoms. The van der Waals surface area contributed by atoms with E-state index in [1.165, 1.54) is 18.3 Å². The van der Waals surface area contributed by atoms with Crippen LogP contribution < -0.4 is 5.73 Å². The fraction of sp³-hybridized carbons (Fsp3) is 0. The Morgan fingerprint density at radius 3 is 2.77 bits per heavy atom. The SMILES string of the molecule is Nc1cc(-c2cncc(F)c2)on1. The number of aromatic nitrogens is 2. The number of nitrogens with zero attached hydrogens (tertiary/aromatic N) is 2. The molecule has 2 rings (SSSR count). The van der Waals surface area contributed by atoms with Crippen LogP contribution in [-0.4, -0.2) is 10.1 Å². The summed E-state index contributed by atoms with van der Waals surface area (Å²) in [6.45, 7) is 0. The number of rotatable bonds is 1. The van der Waals surface area contributed by atoms with Crippen molar-refractivity contribution >= 4 is 5.82 Å². The molecule has 0 aliphatic heterocycles. The van der Waals surface area contributed by atoms with Gasteiger partial charge in [0.15, 0.2) is 11.6 Å². The van der Waals surface area contributed by atoms with E-state index in [1.54, 1.807) is 0 Å². The van der Waals surface area contributed by atoms with Gasteiger partial charge in [0, 0.05) is 17.8 Å². The molecule has 0 atom stereocenters. The first-order chi connectivity index (χ1) is 6.25. The molecule has 0 saturated carbocycles. The van der Waals surface area contributed by atoms with Crippen LogP contribution in [-0.2, 0) is 0 Å². The number of halogens is 1. The summed E-state index contributed by atoms with van der Waals surface area (Å²) < 4.78 is 17.5. The van der Waals surface area contributed by atoms with Gasteiger partial charge in [-0.3, -0.25) is 4.98 Å². The molecular formula is C8H6FN3O. The van der Waals surface area contributed by atoms with E-state index in [2.05, 4.69) is 10.1 Å². The predicted molar refractivity (Wildman–Crippen MR) is 44.1 cm³/mol. The monoisotopic (exact) mass is 179 g/mol. The molecule has 0 unspecified atom stereocenters. The van der Waals surface area contributed by atoms with Gasteiger partial charge in [0.25, 0.3) is 0 Å².